The fourth-order valence-corrected chi connectivity index (χ4v) is 3.15. The van der Waals surface area contributed by atoms with Crippen molar-refractivity contribution in [1.29, 1.82) is 0 Å². The Balaban J connectivity index is 2.21. The SMILES string of the molecule is C=C/C(Cl)=C(F)\C=C/C[C@H]1CNCC1c1cc(F)c(Cl)cc1NC=O. The van der Waals surface area contributed by atoms with Gasteiger partial charge in [0.2, 0.25) is 6.41 Å². The largest absolute Gasteiger partial charge is 0.328 e. The molecule has 1 aromatic carbocycles. The lowest BCUT2D eigenvalue weighted by molar-refractivity contribution is -0.105. The summed E-state index contributed by atoms with van der Waals surface area (Å²) in [5.41, 5.74) is 1.14. The van der Waals surface area contributed by atoms with E-state index in [2.05, 4.69) is 17.2 Å². The number of amides is 1. The summed E-state index contributed by atoms with van der Waals surface area (Å²) in [6, 6.07) is 2.75. The standard InChI is InChI=1S/C18H18Cl2F2N2O/c1-2-14(19)16(21)5-3-4-11-8-23-9-13(11)12-6-17(22)15(20)7-18(12)24-10-25/h2-3,5-7,10-11,13,23H,1,4,8-9H2,(H,24,25)/b5-3-,16-14-/t11-,13?/m0/s1. The molecular weight excluding hydrogens is 369 g/mol. The normalized spacial score (nSPS) is 21.3. The van der Waals surface area contributed by atoms with Gasteiger partial charge < -0.3 is 10.6 Å². The molecule has 7 heteroatoms. The van der Waals surface area contributed by atoms with Gasteiger partial charge in [0, 0.05) is 18.2 Å². The Labute approximate surface area is 155 Å². The van der Waals surface area contributed by atoms with Crippen molar-refractivity contribution in [3.05, 3.63) is 64.2 Å². The van der Waals surface area contributed by atoms with E-state index in [1.54, 1.807) is 6.08 Å². The van der Waals surface area contributed by atoms with E-state index in [4.69, 9.17) is 23.2 Å². The average molecular weight is 387 g/mol. The van der Waals surface area contributed by atoms with Crippen molar-refractivity contribution in [2.45, 2.75) is 12.3 Å². The highest BCUT2D eigenvalue weighted by Gasteiger charge is 2.30. The van der Waals surface area contributed by atoms with E-state index in [1.165, 1.54) is 24.3 Å². The highest BCUT2D eigenvalue weighted by molar-refractivity contribution is 6.31. The number of carbonyl (C=O) groups is 1. The van der Waals surface area contributed by atoms with Gasteiger partial charge in [0.05, 0.1) is 10.1 Å². The van der Waals surface area contributed by atoms with E-state index in [-0.39, 0.29) is 21.9 Å². The predicted molar refractivity (Wildman–Crippen MR) is 98.1 cm³/mol. The lowest BCUT2D eigenvalue weighted by atomic mass is 9.85. The molecule has 3 nitrogen and oxygen atoms in total. The molecule has 0 spiro atoms. The third kappa shape index (κ3) is 4.91. The third-order valence-electron chi connectivity index (χ3n) is 4.16. The van der Waals surface area contributed by atoms with Crippen LogP contribution in [-0.2, 0) is 4.79 Å². The van der Waals surface area contributed by atoms with Crippen molar-refractivity contribution in [2.24, 2.45) is 5.92 Å². The molecular formula is C18H18Cl2F2N2O. The molecule has 2 N–H and O–H groups in total. The summed E-state index contributed by atoms with van der Waals surface area (Å²) in [6.45, 7) is 4.72. The Bertz CT molecular complexity index is 719. The van der Waals surface area contributed by atoms with Crippen molar-refractivity contribution in [1.82, 2.24) is 5.32 Å². The second-order valence-electron chi connectivity index (χ2n) is 5.68. The molecule has 2 atom stereocenters. The first-order valence-corrected chi connectivity index (χ1v) is 8.47. The van der Waals surface area contributed by atoms with Crippen molar-refractivity contribution in [3.63, 3.8) is 0 Å². The lowest BCUT2D eigenvalue weighted by Crippen LogP contribution is -2.13. The number of carbonyl (C=O) groups excluding carboxylic acids is 1. The van der Waals surface area contributed by atoms with Gasteiger partial charge in [-0.05, 0) is 48.7 Å². The van der Waals surface area contributed by atoms with Crippen molar-refractivity contribution in [3.8, 4) is 0 Å². The van der Waals surface area contributed by atoms with Crippen LogP contribution in [0.4, 0.5) is 14.5 Å². The number of nitrogens with one attached hydrogen (secondary N) is 2. The number of rotatable bonds is 7. The minimum atomic E-state index is -0.556. The number of halogens is 4. The summed E-state index contributed by atoms with van der Waals surface area (Å²) in [7, 11) is 0. The molecule has 0 radical (unpaired) electrons. The Morgan fingerprint density at radius 3 is 2.88 bits per heavy atom. The summed E-state index contributed by atoms with van der Waals surface area (Å²) in [6.07, 6.45) is 5.31. The van der Waals surface area contributed by atoms with Crippen molar-refractivity contribution < 1.29 is 13.6 Å². The van der Waals surface area contributed by atoms with Gasteiger partial charge in [-0.15, -0.1) is 0 Å². The Hall–Kier alpha value is -1.69. The number of benzene rings is 1. The maximum Gasteiger partial charge on any atom is 0.211 e. The maximum atomic E-state index is 13.9. The second kappa shape index (κ2) is 9.13. The Morgan fingerprint density at radius 2 is 2.20 bits per heavy atom. The average Bonchev–Trinajstić information content (AvgIpc) is 3.05. The molecule has 1 aromatic rings. The monoisotopic (exact) mass is 386 g/mol. The summed E-state index contributed by atoms with van der Waals surface area (Å²) < 4.78 is 27.5. The molecule has 1 fully saturated rings. The first kappa shape index (κ1) is 19.6. The lowest BCUT2D eigenvalue weighted by Gasteiger charge is -2.21. The van der Waals surface area contributed by atoms with E-state index in [0.29, 0.717) is 37.2 Å². The molecule has 0 aliphatic carbocycles. The van der Waals surface area contributed by atoms with Gasteiger partial charge in [0.15, 0.2) is 0 Å². The minimum Gasteiger partial charge on any atom is -0.328 e. The van der Waals surface area contributed by atoms with Crippen LogP contribution in [0.3, 0.4) is 0 Å². The fourth-order valence-electron chi connectivity index (χ4n) is 2.93. The highest BCUT2D eigenvalue weighted by Crippen LogP contribution is 2.37. The van der Waals surface area contributed by atoms with Gasteiger partial charge in [-0.1, -0.05) is 35.9 Å². The van der Waals surface area contributed by atoms with Crippen LogP contribution in [-0.4, -0.2) is 19.5 Å². The van der Waals surface area contributed by atoms with Crippen LogP contribution in [0.1, 0.15) is 17.9 Å². The van der Waals surface area contributed by atoms with Crippen molar-refractivity contribution >= 4 is 35.3 Å². The smallest absolute Gasteiger partial charge is 0.211 e. The van der Waals surface area contributed by atoms with Crippen LogP contribution in [0.5, 0.6) is 0 Å². The molecule has 0 saturated carbocycles. The molecule has 1 amide bonds. The first-order valence-electron chi connectivity index (χ1n) is 7.72. The number of anilines is 1. The van der Waals surface area contributed by atoms with Gasteiger partial charge in [0.1, 0.15) is 11.6 Å². The molecule has 1 aliphatic heterocycles. The zero-order valence-electron chi connectivity index (χ0n) is 13.4. The van der Waals surface area contributed by atoms with E-state index in [0.717, 1.165) is 0 Å². The molecule has 1 aliphatic rings. The molecule has 25 heavy (non-hydrogen) atoms. The predicted octanol–water partition coefficient (Wildman–Crippen LogP) is 4.90. The van der Waals surface area contributed by atoms with Crippen molar-refractivity contribution in [2.75, 3.05) is 18.4 Å². The summed E-state index contributed by atoms with van der Waals surface area (Å²) in [5, 5.41) is 5.71. The van der Waals surface area contributed by atoms with Crippen LogP contribution >= 0.6 is 23.2 Å². The van der Waals surface area contributed by atoms with Gasteiger partial charge in [-0.25, -0.2) is 8.78 Å². The second-order valence-corrected chi connectivity index (χ2v) is 6.49. The number of allylic oxidation sites excluding steroid dienone is 5. The quantitative estimate of drug-likeness (QED) is 0.516. The van der Waals surface area contributed by atoms with Gasteiger partial charge in [-0.3, -0.25) is 4.79 Å². The minimum absolute atomic E-state index is 0.0409. The number of hydrogen-bond acceptors (Lipinski definition) is 2. The number of hydrogen-bond donors (Lipinski definition) is 2. The van der Waals surface area contributed by atoms with Crippen LogP contribution in [0.2, 0.25) is 5.02 Å². The van der Waals surface area contributed by atoms with E-state index >= 15 is 0 Å². The van der Waals surface area contributed by atoms with Crippen LogP contribution in [0.15, 0.2) is 47.8 Å². The van der Waals surface area contributed by atoms with E-state index < -0.39 is 11.6 Å². The maximum absolute atomic E-state index is 13.9. The molecule has 0 aromatic heterocycles. The van der Waals surface area contributed by atoms with E-state index in [9.17, 15) is 13.6 Å². The molecule has 134 valence electrons. The first-order chi connectivity index (χ1) is 12.0. The van der Waals surface area contributed by atoms with Crippen LogP contribution in [0.25, 0.3) is 0 Å². The summed E-state index contributed by atoms with van der Waals surface area (Å²) in [4.78, 5) is 10.8. The molecule has 1 heterocycles. The van der Waals surface area contributed by atoms with Gasteiger partial charge in [-0.2, -0.15) is 0 Å². The molecule has 2 rings (SSSR count). The topological polar surface area (TPSA) is 41.1 Å². The van der Waals surface area contributed by atoms with Gasteiger partial charge in [0.25, 0.3) is 0 Å². The Morgan fingerprint density at radius 1 is 1.44 bits per heavy atom. The molecule has 0 bridgehead atoms. The zero-order valence-corrected chi connectivity index (χ0v) is 14.9. The summed E-state index contributed by atoms with van der Waals surface area (Å²) in [5.74, 6) is -1.03. The van der Waals surface area contributed by atoms with Crippen LogP contribution in [0, 0.1) is 11.7 Å². The van der Waals surface area contributed by atoms with Gasteiger partial charge >= 0.3 is 0 Å². The highest BCUT2D eigenvalue weighted by atomic mass is 35.5. The fraction of sp³-hybridized carbons (Fsp3) is 0.278. The summed E-state index contributed by atoms with van der Waals surface area (Å²) >= 11 is 11.5. The van der Waals surface area contributed by atoms with Crippen LogP contribution < -0.4 is 10.6 Å². The zero-order chi connectivity index (χ0) is 18.4. The third-order valence-corrected chi connectivity index (χ3v) is 4.78. The molecule has 1 unspecified atom stereocenters. The Kier molecular flexibility index (Phi) is 7.17. The van der Waals surface area contributed by atoms with E-state index in [1.807, 2.05) is 0 Å². The molecule has 1 saturated heterocycles.